The fourth-order valence-electron chi connectivity index (χ4n) is 2.05. The molecular weight excluding hydrogens is 311 g/mol. The summed E-state index contributed by atoms with van der Waals surface area (Å²) >= 11 is 11.8. The molecule has 6 heteroatoms. The predicted molar refractivity (Wildman–Crippen MR) is 84.8 cm³/mol. The van der Waals surface area contributed by atoms with E-state index < -0.39 is 0 Å². The molecular formula is C15H14Cl2N2O2. The van der Waals surface area contributed by atoms with Gasteiger partial charge in [-0.1, -0.05) is 41.4 Å². The highest BCUT2D eigenvalue weighted by Crippen LogP contribution is 2.23. The Bertz CT molecular complexity index is 675. The summed E-state index contributed by atoms with van der Waals surface area (Å²) in [5.74, 6) is 0. The lowest BCUT2D eigenvalue weighted by Gasteiger charge is -2.09. The molecule has 2 aromatic carbocycles. The van der Waals surface area contributed by atoms with E-state index in [9.17, 15) is 10.1 Å². The molecule has 0 heterocycles. The van der Waals surface area contributed by atoms with E-state index in [4.69, 9.17) is 23.2 Å². The van der Waals surface area contributed by atoms with E-state index in [2.05, 4.69) is 5.32 Å². The maximum absolute atomic E-state index is 10.9. The first-order chi connectivity index (χ1) is 9.99. The summed E-state index contributed by atoms with van der Waals surface area (Å²) < 4.78 is 0. The molecule has 0 unspecified atom stereocenters. The number of nitro groups is 1. The van der Waals surface area contributed by atoms with E-state index in [-0.39, 0.29) is 10.6 Å². The number of hydrogen-bond donors (Lipinski definition) is 1. The van der Waals surface area contributed by atoms with Crippen molar-refractivity contribution < 1.29 is 4.92 Å². The first kappa shape index (κ1) is 15.8. The van der Waals surface area contributed by atoms with Crippen molar-refractivity contribution in [3.8, 4) is 0 Å². The van der Waals surface area contributed by atoms with Gasteiger partial charge in [0.15, 0.2) is 0 Å². The van der Waals surface area contributed by atoms with Crippen molar-refractivity contribution in [1.82, 2.24) is 5.32 Å². The molecule has 0 radical (unpaired) electrons. The maximum atomic E-state index is 10.9. The summed E-state index contributed by atoms with van der Waals surface area (Å²) in [6.45, 7) is 2.92. The highest BCUT2D eigenvalue weighted by atomic mass is 35.5. The molecule has 0 atom stereocenters. The van der Waals surface area contributed by atoms with Gasteiger partial charge < -0.3 is 5.32 Å². The normalized spacial score (nSPS) is 10.6. The minimum atomic E-state index is -0.363. The van der Waals surface area contributed by atoms with Crippen LogP contribution in [0.1, 0.15) is 16.7 Å². The Morgan fingerprint density at radius 3 is 2.57 bits per heavy atom. The minimum Gasteiger partial charge on any atom is -0.309 e. The fraction of sp³-hybridized carbons (Fsp3) is 0.200. The Balaban J connectivity index is 2.02. The molecule has 2 aromatic rings. The smallest absolute Gasteiger partial charge is 0.272 e. The number of nitro benzene ring substituents is 1. The van der Waals surface area contributed by atoms with Crippen LogP contribution >= 0.6 is 23.2 Å². The van der Waals surface area contributed by atoms with Gasteiger partial charge in [-0.15, -0.1) is 0 Å². The predicted octanol–water partition coefficient (Wildman–Crippen LogP) is 4.50. The number of halogens is 2. The van der Waals surface area contributed by atoms with Crippen LogP contribution in [0, 0.1) is 17.0 Å². The van der Waals surface area contributed by atoms with Gasteiger partial charge in [0.1, 0.15) is 0 Å². The Morgan fingerprint density at radius 1 is 1.14 bits per heavy atom. The first-order valence-corrected chi connectivity index (χ1v) is 7.12. The van der Waals surface area contributed by atoms with Crippen LogP contribution in [0.3, 0.4) is 0 Å². The van der Waals surface area contributed by atoms with Crippen molar-refractivity contribution in [3.05, 3.63) is 73.2 Å². The minimum absolute atomic E-state index is 0.142. The SMILES string of the molecule is Cc1c(CNCc2ccc(Cl)c(Cl)c2)cccc1[N+](=O)[O-]. The van der Waals surface area contributed by atoms with E-state index >= 15 is 0 Å². The van der Waals surface area contributed by atoms with Crippen molar-refractivity contribution in [1.29, 1.82) is 0 Å². The van der Waals surface area contributed by atoms with E-state index in [1.807, 2.05) is 12.1 Å². The third-order valence-corrected chi connectivity index (χ3v) is 3.98. The van der Waals surface area contributed by atoms with Crippen molar-refractivity contribution in [2.75, 3.05) is 0 Å². The molecule has 21 heavy (non-hydrogen) atoms. The highest BCUT2D eigenvalue weighted by Gasteiger charge is 2.12. The lowest BCUT2D eigenvalue weighted by atomic mass is 10.1. The number of benzene rings is 2. The Hall–Kier alpha value is -1.62. The zero-order chi connectivity index (χ0) is 15.4. The molecule has 2 rings (SSSR count). The first-order valence-electron chi connectivity index (χ1n) is 6.36. The molecule has 1 N–H and O–H groups in total. The van der Waals surface area contributed by atoms with Crippen LogP contribution in [-0.2, 0) is 13.1 Å². The standard InChI is InChI=1S/C15H14Cl2N2O2/c1-10-12(3-2-4-15(10)19(20)21)9-18-8-11-5-6-13(16)14(17)7-11/h2-7,18H,8-9H2,1H3. The molecule has 0 bridgehead atoms. The van der Waals surface area contributed by atoms with E-state index in [1.165, 1.54) is 6.07 Å². The molecule has 0 aromatic heterocycles. The van der Waals surface area contributed by atoms with Gasteiger partial charge in [-0.3, -0.25) is 10.1 Å². The molecule has 4 nitrogen and oxygen atoms in total. The Kier molecular flexibility index (Phi) is 5.17. The molecule has 0 saturated heterocycles. The van der Waals surface area contributed by atoms with E-state index in [1.54, 1.807) is 25.1 Å². The van der Waals surface area contributed by atoms with Gasteiger partial charge in [0.05, 0.1) is 15.0 Å². The van der Waals surface area contributed by atoms with Crippen LogP contribution in [0.4, 0.5) is 5.69 Å². The number of nitrogens with zero attached hydrogens (tertiary/aromatic N) is 1. The van der Waals surface area contributed by atoms with E-state index in [0.29, 0.717) is 28.7 Å². The molecule has 0 aliphatic rings. The summed E-state index contributed by atoms with van der Waals surface area (Å²) in [6, 6.07) is 10.5. The molecule has 110 valence electrons. The Morgan fingerprint density at radius 2 is 1.90 bits per heavy atom. The molecule has 0 aliphatic heterocycles. The van der Waals surface area contributed by atoms with Crippen molar-refractivity contribution >= 4 is 28.9 Å². The lowest BCUT2D eigenvalue weighted by molar-refractivity contribution is -0.385. The van der Waals surface area contributed by atoms with Crippen LogP contribution in [0.5, 0.6) is 0 Å². The number of nitrogens with one attached hydrogen (secondary N) is 1. The van der Waals surface area contributed by atoms with Crippen molar-refractivity contribution in [2.45, 2.75) is 20.0 Å². The van der Waals surface area contributed by atoms with Crippen molar-refractivity contribution in [3.63, 3.8) is 0 Å². The van der Waals surface area contributed by atoms with Gasteiger partial charge in [0, 0.05) is 24.7 Å². The maximum Gasteiger partial charge on any atom is 0.272 e. The molecule has 0 fully saturated rings. The summed E-state index contributed by atoms with van der Waals surface area (Å²) in [6.07, 6.45) is 0. The average molecular weight is 325 g/mol. The van der Waals surface area contributed by atoms with Crippen LogP contribution in [0.2, 0.25) is 10.0 Å². The Labute approximate surface area is 132 Å². The monoisotopic (exact) mass is 324 g/mol. The van der Waals surface area contributed by atoms with Crippen LogP contribution in [0.15, 0.2) is 36.4 Å². The van der Waals surface area contributed by atoms with Crippen LogP contribution in [0.25, 0.3) is 0 Å². The quantitative estimate of drug-likeness (QED) is 0.650. The van der Waals surface area contributed by atoms with E-state index in [0.717, 1.165) is 11.1 Å². The molecule has 0 aliphatic carbocycles. The second-order valence-corrected chi connectivity index (χ2v) is 5.48. The average Bonchev–Trinajstić information content (AvgIpc) is 2.44. The summed E-state index contributed by atoms with van der Waals surface area (Å²) in [5.41, 5.74) is 2.74. The highest BCUT2D eigenvalue weighted by molar-refractivity contribution is 6.42. The van der Waals surface area contributed by atoms with Crippen molar-refractivity contribution in [2.24, 2.45) is 0 Å². The van der Waals surface area contributed by atoms with Gasteiger partial charge in [-0.2, -0.15) is 0 Å². The van der Waals surface area contributed by atoms with Gasteiger partial charge in [-0.25, -0.2) is 0 Å². The summed E-state index contributed by atoms with van der Waals surface area (Å²) in [4.78, 5) is 10.5. The van der Waals surface area contributed by atoms with Gasteiger partial charge in [0.25, 0.3) is 5.69 Å². The molecule has 0 saturated carbocycles. The largest absolute Gasteiger partial charge is 0.309 e. The zero-order valence-corrected chi connectivity index (χ0v) is 12.9. The fourth-order valence-corrected chi connectivity index (χ4v) is 2.37. The number of rotatable bonds is 5. The van der Waals surface area contributed by atoms with Gasteiger partial charge in [0.2, 0.25) is 0 Å². The van der Waals surface area contributed by atoms with Gasteiger partial charge >= 0.3 is 0 Å². The van der Waals surface area contributed by atoms with Gasteiger partial charge in [-0.05, 0) is 30.2 Å². The van der Waals surface area contributed by atoms with Crippen LogP contribution < -0.4 is 5.32 Å². The summed E-state index contributed by atoms with van der Waals surface area (Å²) in [7, 11) is 0. The molecule has 0 spiro atoms. The summed E-state index contributed by atoms with van der Waals surface area (Å²) in [5, 5.41) is 15.2. The zero-order valence-electron chi connectivity index (χ0n) is 11.4. The second-order valence-electron chi connectivity index (χ2n) is 4.67. The van der Waals surface area contributed by atoms with Crippen LogP contribution in [-0.4, -0.2) is 4.92 Å². The third-order valence-electron chi connectivity index (χ3n) is 3.24. The third kappa shape index (κ3) is 3.94. The second kappa shape index (κ2) is 6.89. The molecule has 0 amide bonds. The topological polar surface area (TPSA) is 55.2 Å². The lowest BCUT2D eigenvalue weighted by Crippen LogP contribution is -2.14. The number of hydrogen-bond acceptors (Lipinski definition) is 3.